The highest BCUT2D eigenvalue weighted by atomic mass is 35.5. The molecule has 2 aromatic rings. The number of carbonyl (C=O) groups excluding carboxylic acids is 2. The number of anilines is 2. The van der Waals surface area contributed by atoms with Gasteiger partial charge in [-0.15, -0.1) is 0 Å². The molecule has 28 heavy (non-hydrogen) atoms. The summed E-state index contributed by atoms with van der Waals surface area (Å²) in [6.45, 7) is 0. The first-order chi connectivity index (χ1) is 13.3. The average molecular weight is 403 g/mol. The van der Waals surface area contributed by atoms with Gasteiger partial charge in [-0.1, -0.05) is 11.6 Å². The van der Waals surface area contributed by atoms with Gasteiger partial charge in [-0.05, 0) is 43.2 Å². The van der Waals surface area contributed by atoms with Crippen LogP contribution in [0.2, 0.25) is 5.02 Å². The summed E-state index contributed by atoms with van der Waals surface area (Å²) >= 11 is 5.78. The average Bonchev–Trinajstić information content (AvgIpc) is 3.45. The maximum Gasteiger partial charge on any atom is 0.288 e. The van der Waals surface area contributed by atoms with Crippen molar-refractivity contribution in [3.05, 3.63) is 62.7 Å². The van der Waals surface area contributed by atoms with Gasteiger partial charge >= 0.3 is 0 Å². The molecule has 0 radical (unpaired) electrons. The van der Waals surface area contributed by atoms with E-state index >= 15 is 0 Å². The second-order valence-corrected chi connectivity index (χ2v) is 7.16. The summed E-state index contributed by atoms with van der Waals surface area (Å²) in [5.41, 5.74) is 1.32. The lowest BCUT2D eigenvalue weighted by Crippen LogP contribution is -2.27. The van der Waals surface area contributed by atoms with Gasteiger partial charge in [0.15, 0.2) is 0 Å². The van der Waals surface area contributed by atoms with Gasteiger partial charge in [-0.25, -0.2) is 0 Å². The van der Waals surface area contributed by atoms with E-state index in [1.807, 2.05) is 19.0 Å². The van der Waals surface area contributed by atoms with E-state index in [1.165, 1.54) is 12.1 Å². The summed E-state index contributed by atoms with van der Waals surface area (Å²) in [5, 5.41) is 16.6. The molecule has 1 fully saturated rings. The van der Waals surface area contributed by atoms with Crippen LogP contribution in [0, 0.1) is 10.1 Å². The minimum atomic E-state index is -0.648. The van der Waals surface area contributed by atoms with Crippen molar-refractivity contribution in [2.45, 2.75) is 18.9 Å². The molecule has 2 aromatic carbocycles. The Morgan fingerprint density at radius 2 is 1.86 bits per heavy atom. The van der Waals surface area contributed by atoms with E-state index in [0.717, 1.165) is 24.6 Å². The predicted molar refractivity (Wildman–Crippen MR) is 107 cm³/mol. The van der Waals surface area contributed by atoms with Crippen molar-refractivity contribution in [2.24, 2.45) is 0 Å². The van der Waals surface area contributed by atoms with E-state index in [0.29, 0.717) is 11.3 Å². The van der Waals surface area contributed by atoms with E-state index in [-0.39, 0.29) is 28.2 Å². The zero-order valence-corrected chi connectivity index (χ0v) is 16.1. The quantitative estimate of drug-likeness (QED) is 0.568. The van der Waals surface area contributed by atoms with Gasteiger partial charge in [0.05, 0.1) is 10.5 Å². The van der Waals surface area contributed by atoms with E-state index in [2.05, 4.69) is 10.6 Å². The summed E-state index contributed by atoms with van der Waals surface area (Å²) in [7, 11) is 3.66. The van der Waals surface area contributed by atoms with Crippen molar-refractivity contribution < 1.29 is 14.5 Å². The Kier molecular flexibility index (Phi) is 5.51. The topological polar surface area (TPSA) is 105 Å². The van der Waals surface area contributed by atoms with Crippen LogP contribution in [-0.2, 0) is 0 Å². The highest BCUT2D eigenvalue weighted by molar-refractivity contribution is 6.32. The maximum absolute atomic E-state index is 12.5. The third kappa shape index (κ3) is 4.40. The Labute approximate surface area is 166 Å². The number of amides is 2. The molecule has 2 amide bonds. The van der Waals surface area contributed by atoms with Crippen LogP contribution in [0.1, 0.15) is 33.6 Å². The molecule has 8 nitrogen and oxygen atoms in total. The minimum Gasteiger partial charge on any atom is -0.377 e. The maximum atomic E-state index is 12.5. The van der Waals surface area contributed by atoms with Crippen molar-refractivity contribution in [1.29, 1.82) is 0 Å². The molecule has 0 bridgehead atoms. The fourth-order valence-electron chi connectivity index (χ4n) is 2.67. The molecule has 146 valence electrons. The number of hydrogen-bond acceptors (Lipinski definition) is 5. The van der Waals surface area contributed by atoms with Gasteiger partial charge in [-0.2, -0.15) is 0 Å². The van der Waals surface area contributed by atoms with Gasteiger partial charge < -0.3 is 15.5 Å². The number of benzene rings is 2. The van der Waals surface area contributed by atoms with E-state index < -0.39 is 10.8 Å². The third-order valence-electron chi connectivity index (χ3n) is 4.30. The summed E-state index contributed by atoms with van der Waals surface area (Å²) in [5.74, 6) is -0.740. The van der Waals surface area contributed by atoms with Crippen LogP contribution < -0.4 is 15.5 Å². The predicted octanol–water partition coefficient (Wildman–Crippen LogP) is 3.46. The molecular formula is C19H19ClN4O4. The number of rotatable bonds is 6. The van der Waals surface area contributed by atoms with E-state index in [9.17, 15) is 19.7 Å². The van der Waals surface area contributed by atoms with Crippen LogP contribution >= 0.6 is 11.6 Å². The van der Waals surface area contributed by atoms with Gasteiger partial charge in [0.1, 0.15) is 5.02 Å². The Morgan fingerprint density at radius 3 is 2.46 bits per heavy atom. The van der Waals surface area contributed by atoms with Crippen molar-refractivity contribution in [1.82, 2.24) is 5.32 Å². The van der Waals surface area contributed by atoms with Crippen molar-refractivity contribution in [3.63, 3.8) is 0 Å². The van der Waals surface area contributed by atoms with Crippen LogP contribution in [0.3, 0.4) is 0 Å². The van der Waals surface area contributed by atoms with Crippen LogP contribution in [0.4, 0.5) is 17.1 Å². The molecule has 0 aromatic heterocycles. The summed E-state index contributed by atoms with van der Waals surface area (Å²) in [4.78, 5) is 37.2. The first kappa shape index (κ1) is 19.6. The highest BCUT2D eigenvalue weighted by Crippen LogP contribution is 2.27. The number of carbonyl (C=O) groups is 2. The molecule has 3 rings (SSSR count). The largest absolute Gasteiger partial charge is 0.377 e. The number of nitro groups is 1. The molecule has 0 aliphatic heterocycles. The number of nitro benzene ring substituents is 1. The van der Waals surface area contributed by atoms with Crippen LogP contribution in [-0.4, -0.2) is 36.9 Å². The van der Waals surface area contributed by atoms with Crippen molar-refractivity contribution >= 4 is 40.5 Å². The van der Waals surface area contributed by atoms with Gasteiger partial charge in [0, 0.05) is 43.1 Å². The van der Waals surface area contributed by atoms with Crippen molar-refractivity contribution in [2.75, 3.05) is 24.3 Å². The molecule has 0 unspecified atom stereocenters. The second-order valence-electron chi connectivity index (χ2n) is 6.75. The minimum absolute atomic E-state index is 0.0454. The molecule has 1 aliphatic rings. The smallest absolute Gasteiger partial charge is 0.288 e. The Bertz CT molecular complexity index is 957. The Balaban J connectivity index is 1.85. The van der Waals surface area contributed by atoms with E-state index in [1.54, 1.807) is 18.2 Å². The Morgan fingerprint density at radius 1 is 1.14 bits per heavy atom. The monoisotopic (exact) mass is 402 g/mol. The number of halogens is 1. The SMILES string of the molecule is CN(C)c1ccc(NC(=O)c2ccc(Cl)c([N+](=O)[O-])c2)cc1C(=O)NC1CC1. The van der Waals surface area contributed by atoms with Gasteiger partial charge in [0.25, 0.3) is 17.5 Å². The summed E-state index contributed by atoms with van der Waals surface area (Å²) in [6, 6.07) is 9.03. The third-order valence-corrected chi connectivity index (χ3v) is 4.62. The highest BCUT2D eigenvalue weighted by Gasteiger charge is 2.25. The number of hydrogen-bond donors (Lipinski definition) is 2. The molecule has 0 heterocycles. The Hall–Kier alpha value is -3.13. The fourth-order valence-corrected chi connectivity index (χ4v) is 2.86. The molecule has 2 N–H and O–H groups in total. The van der Waals surface area contributed by atoms with E-state index in [4.69, 9.17) is 11.6 Å². The van der Waals surface area contributed by atoms with Crippen molar-refractivity contribution in [3.8, 4) is 0 Å². The normalized spacial score (nSPS) is 13.0. The molecular weight excluding hydrogens is 384 g/mol. The first-order valence-corrected chi connectivity index (χ1v) is 9.01. The summed E-state index contributed by atoms with van der Waals surface area (Å²) < 4.78 is 0. The number of nitrogens with one attached hydrogen (secondary N) is 2. The fraction of sp³-hybridized carbons (Fsp3) is 0.263. The lowest BCUT2D eigenvalue weighted by molar-refractivity contribution is -0.384. The van der Waals surface area contributed by atoms with Crippen LogP contribution in [0.15, 0.2) is 36.4 Å². The van der Waals surface area contributed by atoms with Crippen LogP contribution in [0.25, 0.3) is 0 Å². The molecule has 0 spiro atoms. The van der Waals surface area contributed by atoms with Crippen LogP contribution in [0.5, 0.6) is 0 Å². The molecule has 1 aliphatic carbocycles. The molecule has 0 saturated heterocycles. The van der Waals surface area contributed by atoms with Gasteiger partial charge in [0.2, 0.25) is 0 Å². The second kappa shape index (κ2) is 7.85. The molecule has 9 heteroatoms. The number of nitrogens with zero attached hydrogens (tertiary/aromatic N) is 2. The molecule has 0 atom stereocenters. The summed E-state index contributed by atoms with van der Waals surface area (Å²) in [6.07, 6.45) is 1.93. The lowest BCUT2D eigenvalue weighted by Gasteiger charge is -2.18. The standard InChI is InChI=1S/C19H19ClN4O4/c1-23(2)16-8-6-13(10-14(16)19(26)21-12-4-5-12)22-18(25)11-3-7-15(20)17(9-11)24(27)28/h3,6-10,12H,4-5H2,1-2H3,(H,21,26)(H,22,25). The van der Waals surface area contributed by atoms with Gasteiger partial charge in [-0.3, -0.25) is 19.7 Å². The lowest BCUT2D eigenvalue weighted by atomic mass is 10.1. The zero-order chi connectivity index (χ0) is 20.4. The molecule has 1 saturated carbocycles. The zero-order valence-electron chi connectivity index (χ0n) is 15.4. The first-order valence-electron chi connectivity index (χ1n) is 8.64.